The van der Waals surface area contributed by atoms with Gasteiger partial charge in [-0.1, -0.05) is 84.0 Å². The zero-order valence-electron chi connectivity index (χ0n) is 17.4. The first kappa shape index (κ1) is 25.0. The molecular formula is C21H44NO2P. The van der Waals surface area contributed by atoms with Gasteiger partial charge in [0.05, 0.1) is 27.7 Å². The third kappa shape index (κ3) is 20.2. The molecule has 150 valence electrons. The number of nitrogens with zero attached hydrogens (tertiary/aromatic N) is 1. The number of unbranched alkanes of at least 4 members (excludes halogenated alkanes) is 12. The molecule has 0 radical (unpaired) electrons. The molecule has 0 saturated heterocycles. The molecule has 3 nitrogen and oxygen atoms in total. The van der Waals surface area contributed by atoms with Gasteiger partial charge in [-0.3, -0.25) is 0 Å². The maximum Gasteiger partial charge on any atom is 0.0774 e. The molecule has 0 aliphatic carbocycles. The van der Waals surface area contributed by atoms with Gasteiger partial charge in [0.2, 0.25) is 0 Å². The Morgan fingerprint density at radius 3 is 1.60 bits per heavy atom. The normalized spacial score (nSPS) is 13.6. The standard InChI is InChI=1S/C21H44NO2P/c1-5-6-7-8-9-10-11-12-13-14-15-16-17-18-20(23)25-21(24)19-22(2,3)4/h21,24H,5-19H2,1-4H3. The Morgan fingerprint density at radius 2 is 1.20 bits per heavy atom. The monoisotopic (exact) mass is 373 g/mol. The van der Waals surface area contributed by atoms with E-state index in [2.05, 4.69) is 6.92 Å². The number of hydrogen-bond acceptors (Lipinski definition) is 2. The zero-order valence-corrected chi connectivity index (χ0v) is 18.3. The molecule has 0 amide bonds. The molecule has 1 N–H and O–H groups in total. The number of aliphatic hydroxyl groups excluding tert-OH is 1. The number of quaternary nitrogens is 1. The lowest BCUT2D eigenvalue weighted by Gasteiger charge is -2.32. The highest BCUT2D eigenvalue weighted by atomic mass is 31.1. The predicted molar refractivity (Wildman–Crippen MR) is 111 cm³/mol. The minimum absolute atomic E-state index is 0.198. The van der Waals surface area contributed by atoms with Crippen LogP contribution in [0, 0.1) is 0 Å². The minimum Gasteiger partial charge on any atom is -0.427 e. The van der Waals surface area contributed by atoms with Gasteiger partial charge in [-0.2, -0.15) is 0 Å². The molecule has 0 aliphatic rings. The maximum absolute atomic E-state index is 11.9. The summed E-state index contributed by atoms with van der Waals surface area (Å²) in [5.74, 6) is -0.519. The largest absolute Gasteiger partial charge is 0.427 e. The van der Waals surface area contributed by atoms with Crippen molar-refractivity contribution >= 4 is 14.1 Å². The summed E-state index contributed by atoms with van der Waals surface area (Å²) in [6, 6.07) is 0. The highest BCUT2D eigenvalue weighted by Gasteiger charge is 2.09. The third-order valence-electron chi connectivity index (χ3n) is 4.50. The van der Waals surface area contributed by atoms with Crippen molar-refractivity contribution in [2.24, 2.45) is 0 Å². The van der Waals surface area contributed by atoms with Crippen molar-refractivity contribution in [3.63, 3.8) is 0 Å². The summed E-state index contributed by atoms with van der Waals surface area (Å²) >= 11 is 0. The Hall–Kier alpha value is 0.0200. The molecule has 0 spiro atoms. The van der Waals surface area contributed by atoms with Gasteiger partial charge in [-0.15, -0.1) is 0 Å². The zero-order chi connectivity index (χ0) is 19.0. The van der Waals surface area contributed by atoms with Crippen LogP contribution in [0.2, 0.25) is 0 Å². The maximum atomic E-state index is 11.9. The molecular weight excluding hydrogens is 329 g/mol. The van der Waals surface area contributed by atoms with Crippen LogP contribution >= 0.6 is 8.58 Å². The smallest absolute Gasteiger partial charge is 0.0774 e. The fourth-order valence-electron chi connectivity index (χ4n) is 3.06. The highest BCUT2D eigenvalue weighted by Crippen LogP contribution is 2.23. The number of aliphatic hydroxyl groups is 1. The minimum atomic E-state index is -0.519. The Labute approximate surface area is 159 Å². The fourth-order valence-corrected chi connectivity index (χ4v) is 4.25. The van der Waals surface area contributed by atoms with Crippen molar-refractivity contribution in [2.45, 2.75) is 103 Å². The van der Waals surface area contributed by atoms with Crippen LogP contribution in [0.1, 0.15) is 96.8 Å². The van der Waals surface area contributed by atoms with E-state index in [0.717, 1.165) is 12.8 Å². The van der Waals surface area contributed by atoms with E-state index in [4.69, 9.17) is 0 Å². The van der Waals surface area contributed by atoms with E-state index in [-0.39, 0.29) is 5.52 Å². The van der Waals surface area contributed by atoms with Crippen LogP contribution in [0.4, 0.5) is 0 Å². The molecule has 0 aromatic rings. The topological polar surface area (TPSA) is 37.3 Å². The summed E-state index contributed by atoms with van der Waals surface area (Å²) in [5.41, 5.74) is 0.198. The van der Waals surface area contributed by atoms with Crippen molar-refractivity contribution in [1.29, 1.82) is 0 Å². The van der Waals surface area contributed by atoms with E-state index in [1.165, 1.54) is 70.6 Å². The van der Waals surface area contributed by atoms with Crippen LogP contribution in [-0.2, 0) is 4.79 Å². The molecule has 4 heteroatoms. The van der Waals surface area contributed by atoms with E-state index in [1.54, 1.807) is 0 Å². The Kier molecular flexibility index (Phi) is 16.2. The second-order valence-corrected chi connectivity index (χ2v) is 9.82. The quantitative estimate of drug-likeness (QED) is 0.183. The van der Waals surface area contributed by atoms with Gasteiger partial charge < -0.3 is 23.0 Å². The van der Waals surface area contributed by atoms with Gasteiger partial charge in [0, 0.05) is 0 Å². The molecule has 25 heavy (non-hydrogen) atoms. The van der Waals surface area contributed by atoms with Crippen molar-refractivity contribution < 1.29 is 14.4 Å². The Balaban J connectivity index is 3.31. The average Bonchev–Trinajstić information content (AvgIpc) is 2.49. The van der Waals surface area contributed by atoms with Gasteiger partial charge in [-0.05, 0) is 24.2 Å². The Bertz CT molecular complexity index is 316. The van der Waals surface area contributed by atoms with Crippen molar-refractivity contribution in [3.8, 4) is 0 Å². The summed E-state index contributed by atoms with van der Waals surface area (Å²) in [4.78, 5) is 11.9. The van der Waals surface area contributed by atoms with Crippen molar-refractivity contribution in [2.75, 3.05) is 27.7 Å². The van der Waals surface area contributed by atoms with Gasteiger partial charge in [0.15, 0.2) is 0 Å². The molecule has 0 aromatic heterocycles. The van der Waals surface area contributed by atoms with Crippen LogP contribution in [0.5, 0.6) is 0 Å². The highest BCUT2D eigenvalue weighted by molar-refractivity contribution is 7.58. The Morgan fingerprint density at radius 1 is 0.800 bits per heavy atom. The van der Waals surface area contributed by atoms with Crippen LogP contribution in [0.25, 0.3) is 0 Å². The summed E-state index contributed by atoms with van der Waals surface area (Å²) in [7, 11) is 6.70. The van der Waals surface area contributed by atoms with E-state index in [9.17, 15) is 9.90 Å². The lowest BCUT2D eigenvalue weighted by Crippen LogP contribution is -2.40. The predicted octanol–water partition coefficient (Wildman–Crippen LogP) is 5.97. The molecule has 0 heterocycles. The lowest BCUT2D eigenvalue weighted by molar-refractivity contribution is -0.871. The molecule has 0 saturated carbocycles. The molecule has 0 aromatic carbocycles. The van der Waals surface area contributed by atoms with Gasteiger partial charge in [0.25, 0.3) is 0 Å². The molecule has 0 aliphatic heterocycles. The number of carbonyl (C=O) groups excluding carboxylic acids is 1. The number of hydrogen-bond donors (Lipinski definition) is 1. The van der Waals surface area contributed by atoms with Crippen LogP contribution in [0.15, 0.2) is 0 Å². The van der Waals surface area contributed by atoms with E-state index in [0.29, 0.717) is 26.0 Å². The fraction of sp³-hybridized carbons (Fsp3) is 0.952. The number of likely N-dealkylation sites (N-methyl/N-ethyl adjacent to an activating group) is 1. The first-order valence-corrected chi connectivity index (χ1v) is 11.5. The number of rotatable bonds is 18. The third-order valence-corrected chi connectivity index (χ3v) is 5.47. The van der Waals surface area contributed by atoms with Crippen LogP contribution in [-0.4, -0.2) is 48.6 Å². The lowest BCUT2D eigenvalue weighted by atomic mass is 10.0. The molecule has 1 atom stereocenters. The molecule has 0 rings (SSSR count). The number of carbonyl (C=O) groups is 1. The SMILES string of the molecule is CCCCCCCCCCCCCCCC(=O)[P-]C(O)C[N+](C)(C)C. The van der Waals surface area contributed by atoms with Crippen molar-refractivity contribution in [3.05, 3.63) is 0 Å². The summed E-state index contributed by atoms with van der Waals surface area (Å²) < 4.78 is 0.695. The van der Waals surface area contributed by atoms with E-state index >= 15 is 0 Å². The van der Waals surface area contributed by atoms with Crippen molar-refractivity contribution in [1.82, 2.24) is 0 Å². The van der Waals surface area contributed by atoms with Crippen LogP contribution in [0.3, 0.4) is 0 Å². The second kappa shape index (κ2) is 16.2. The summed E-state index contributed by atoms with van der Waals surface area (Å²) in [6.45, 7) is 2.90. The van der Waals surface area contributed by atoms with E-state index < -0.39 is 5.85 Å². The van der Waals surface area contributed by atoms with Gasteiger partial charge >= 0.3 is 0 Å². The van der Waals surface area contributed by atoms with Crippen LogP contribution < -0.4 is 0 Å². The molecule has 1 unspecified atom stereocenters. The molecule has 0 fully saturated rings. The van der Waals surface area contributed by atoms with E-state index in [1.807, 2.05) is 21.1 Å². The first-order valence-electron chi connectivity index (χ1n) is 10.6. The summed E-state index contributed by atoms with van der Waals surface area (Å²) in [6.07, 6.45) is 17.9. The summed E-state index contributed by atoms with van der Waals surface area (Å²) in [5, 5.41) is 9.91. The van der Waals surface area contributed by atoms with Gasteiger partial charge in [-0.25, -0.2) is 0 Å². The second-order valence-electron chi connectivity index (χ2n) is 8.47. The molecule has 0 bridgehead atoms. The van der Waals surface area contributed by atoms with Gasteiger partial charge in [0.1, 0.15) is 0 Å². The first-order chi connectivity index (χ1) is 11.8. The average molecular weight is 374 g/mol.